The summed E-state index contributed by atoms with van der Waals surface area (Å²) in [5, 5.41) is 2.73. The van der Waals surface area contributed by atoms with Crippen molar-refractivity contribution in [1.82, 2.24) is 5.32 Å². The number of benzene rings is 2. The maximum Gasteiger partial charge on any atom is 0.251 e. The third-order valence-electron chi connectivity index (χ3n) is 3.21. The largest absolute Gasteiger partial charge is 0.496 e. The predicted molar refractivity (Wildman–Crippen MR) is 82.9 cm³/mol. The minimum Gasteiger partial charge on any atom is -0.496 e. The maximum absolute atomic E-state index is 13.2. The van der Waals surface area contributed by atoms with Crippen LogP contribution in [-0.4, -0.2) is 13.0 Å². The molecule has 6 heteroatoms. The topological polar surface area (TPSA) is 38.3 Å². The van der Waals surface area contributed by atoms with E-state index >= 15 is 0 Å². The highest BCUT2D eigenvalue weighted by Crippen LogP contribution is 2.28. The lowest BCUT2D eigenvalue weighted by molar-refractivity contribution is 0.0939. The number of carbonyl (C=O) groups excluding carboxylic acids is 1. The van der Waals surface area contributed by atoms with Crippen LogP contribution in [0.25, 0.3) is 0 Å². The van der Waals surface area contributed by atoms with Gasteiger partial charge in [0.05, 0.1) is 17.6 Å². The number of hydrogen-bond acceptors (Lipinski definition) is 2. The van der Waals surface area contributed by atoms with Gasteiger partial charge < -0.3 is 10.1 Å². The van der Waals surface area contributed by atoms with Gasteiger partial charge in [-0.2, -0.15) is 0 Å². The number of amides is 1. The second-order valence-corrected chi connectivity index (χ2v) is 5.57. The third kappa shape index (κ3) is 3.62. The van der Waals surface area contributed by atoms with Crippen molar-refractivity contribution in [3.8, 4) is 5.75 Å². The fourth-order valence-electron chi connectivity index (χ4n) is 1.95. The highest BCUT2D eigenvalue weighted by Gasteiger charge is 2.14. The predicted octanol–water partition coefficient (Wildman–Crippen LogP) is 4.23. The van der Waals surface area contributed by atoms with Crippen LogP contribution in [0.3, 0.4) is 0 Å². The average molecular weight is 370 g/mol. The molecule has 0 fully saturated rings. The van der Waals surface area contributed by atoms with E-state index in [4.69, 9.17) is 4.74 Å². The van der Waals surface area contributed by atoms with Crippen LogP contribution in [0, 0.1) is 11.6 Å². The first-order valence-corrected chi connectivity index (χ1v) is 7.31. The van der Waals surface area contributed by atoms with Gasteiger partial charge in [0.1, 0.15) is 5.75 Å². The molecule has 1 N–H and O–H groups in total. The van der Waals surface area contributed by atoms with E-state index < -0.39 is 17.5 Å². The molecule has 0 bridgehead atoms. The average Bonchev–Trinajstić information content (AvgIpc) is 2.49. The molecule has 0 spiro atoms. The van der Waals surface area contributed by atoms with Crippen molar-refractivity contribution in [2.24, 2.45) is 0 Å². The summed E-state index contributed by atoms with van der Waals surface area (Å²) >= 11 is 3.38. The molecule has 1 atom stereocenters. The van der Waals surface area contributed by atoms with Gasteiger partial charge in [-0.15, -0.1) is 0 Å². The molecule has 0 aliphatic rings. The summed E-state index contributed by atoms with van der Waals surface area (Å²) in [6, 6.07) is 8.17. The molecule has 1 amide bonds. The first-order chi connectivity index (χ1) is 10.4. The smallest absolute Gasteiger partial charge is 0.251 e. The molecule has 0 aliphatic heterocycles. The zero-order valence-corrected chi connectivity index (χ0v) is 13.6. The zero-order valence-electron chi connectivity index (χ0n) is 12.0. The van der Waals surface area contributed by atoms with Crippen molar-refractivity contribution in [2.75, 3.05) is 7.11 Å². The minimum atomic E-state index is -1.05. The van der Waals surface area contributed by atoms with Crippen molar-refractivity contribution in [1.29, 1.82) is 0 Å². The Morgan fingerprint density at radius 2 is 1.91 bits per heavy atom. The van der Waals surface area contributed by atoms with Crippen LogP contribution in [0.2, 0.25) is 0 Å². The van der Waals surface area contributed by atoms with Crippen LogP contribution in [0.15, 0.2) is 40.9 Å². The van der Waals surface area contributed by atoms with Crippen LogP contribution in [0.5, 0.6) is 5.75 Å². The van der Waals surface area contributed by atoms with E-state index in [1.807, 2.05) is 12.1 Å². The molecule has 2 aromatic carbocycles. The summed E-state index contributed by atoms with van der Waals surface area (Å²) in [5.41, 5.74) is 0.918. The van der Waals surface area contributed by atoms with Gasteiger partial charge in [0.25, 0.3) is 5.91 Å². The Kier molecular flexibility index (Phi) is 5.13. The Morgan fingerprint density at radius 1 is 1.18 bits per heavy atom. The molecule has 2 aromatic rings. The van der Waals surface area contributed by atoms with Crippen LogP contribution in [0.4, 0.5) is 8.78 Å². The van der Waals surface area contributed by atoms with Crippen molar-refractivity contribution in [2.45, 2.75) is 13.0 Å². The molecule has 0 aliphatic carbocycles. The molecule has 3 nitrogen and oxygen atoms in total. The fourth-order valence-corrected chi connectivity index (χ4v) is 2.51. The number of ether oxygens (including phenoxy) is 1. The van der Waals surface area contributed by atoms with E-state index in [0.29, 0.717) is 5.75 Å². The maximum atomic E-state index is 13.2. The van der Waals surface area contributed by atoms with Crippen molar-refractivity contribution in [3.63, 3.8) is 0 Å². The summed E-state index contributed by atoms with van der Waals surface area (Å²) < 4.78 is 32.0. The molecule has 0 aromatic heterocycles. The molecule has 0 heterocycles. The molecular weight excluding hydrogens is 356 g/mol. The monoisotopic (exact) mass is 369 g/mol. The van der Waals surface area contributed by atoms with Gasteiger partial charge in [0.15, 0.2) is 11.6 Å². The zero-order chi connectivity index (χ0) is 16.3. The van der Waals surface area contributed by atoms with Gasteiger partial charge in [0.2, 0.25) is 0 Å². The molecule has 0 radical (unpaired) electrons. The summed E-state index contributed by atoms with van der Waals surface area (Å²) in [4.78, 5) is 12.1. The molecule has 22 heavy (non-hydrogen) atoms. The molecule has 116 valence electrons. The van der Waals surface area contributed by atoms with Gasteiger partial charge in [0, 0.05) is 5.56 Å². The Balaban J connectivity index is 2.13. The Bertz CT molecular complexity index is 707. The van der Waals surface area contributed by atoms with Gasteiger partial charge in [-0.3, -0.25) is 4.79 Å². The summed E-state index contributed by atoms with van der Waals surface area (Å²) in [6.45, 7) is 1.80. The lowest BCUT2D eigenvalue weighted by Crippen LogP contribution is -2.26. The highest BCUT2D eigenvalue weighted by atomic mass is 79.9. The number of nitrogens with one attached hydrogen (secondary N) is 1. The fraction of sp³-hybridized carbons (Fsp3) is 0.188. The van der Waals surface area contributed by atoms with Crippen molar-refractivity contribution in [3.05, 3.63) is 63.6 Å². The lowest BCUT2D eigenvalue weighted by Gasteiger charge is -2.16. The lowest BCUT2D eigenvalue weighted by atomic mass is 10.1. The van der Waals surface area contributed by atoms with Crippen LogP contribution in [-0.2, 0) is 0 Å². The second kappa shape index (κ2) is 6.87. The number of hydrogen-bond donors (Lipinski definition) is 1. The van der Waals surface area contributed by atoms with Crippen molar-refractivity contribution >= 4 is 21.8 Å². The van der Waals surface area contributed by atoms with Gasteiger partial charge in [-0.25, -0.2) is 8.78 Å². The number of carbonyl (C=O) groups is 1. The Morgan fingerprint density at radius 3 is 2.50 bits per heavy atom. The Hall–Kier alpha value is -1.95. The summed E-state index contributed by atoms with van der Waals surface area (Å²) in [6.07, 6.45) is 0. The second-order valence-electron chi connectivity index (χ2n) is 4.72. The van der Waals surface area contributed by atoms with Gasteiger partial charge >= 0.3 is 0 Å². The quantitative estimate of drug-likeness (QED) is 0.875. The molecule has 0 unspecified atom stereocenters. The van der Waals surface area contributed by atoms with E-state index in [-0.39, 0.29) is 11.6 Å². The van der Waals surface area contributed by atoms with Crippen LogP contribution < -0.4 is 10.1 Å². The minimum absolute atomic E-state index is 0.0679. The summed E-state index contributed by atoms with van der Waals surface area (Å²) in [5.74, 6) is -1.82. The molecule has 0 saturated heterocycles. The van der Waals surface area contributed by atoms with E-state index in [1.165, 1.54) is 6.07 Å². The first-order valence-electron chi connectivity index (χ1n) is 6.51. The Labute approximate surface area is 135 Å². The van der Waals surface area contributed by atoms with E-state index in [0.717, 1.165) is 22.2 Å². The first kappa shape index (κ1) is 16.4. The normalized spacial score (nSPS) is 11.9. The summed E-state index contributed by atoms with van der Waals surface area (Å²) in [7, 11) is 1.56. The molecule has 2 rings (SSSR count). The highest BCUT2D eigenvalue weighted by molar-refractivity contribution is 9.10. The molecule has 0 saturated carbocycles. The van der Waals surface area contributed by atoms with E-state index in [2.05, 4.69) is 21.2 Å². The van der Waals surface area contributed by atoms with Gasteiger partial charge in [-0.1, -0.05) is 6.07 Å². The number of methoxy groups -OCH3 is 1. The van der Waals surface area contributed by atoms with Crippen molar-refractivity contribution < 1.29 is 18.3 Å². The number of rotatable bonds is 4. The van der Waals surface area contributed by atoms with Crippen LogP contribution >= 0.6 is 15.9 Å². The van der Waals surface area contributed by atoms with E-state index in [9.17, 15) is 13.6 Å². The third-order valence-corrected chi connectivity index (χ3v) is 3.82. The SMILES string of the molecule is COc1ccc([C@@H](C)NC(=O)c2ccc(F)c(F)c2)cc1Br. The van der Waals surface area contributed by atoms with Crippen LogP contribution in [0.1, 0.15) is 28.9 Å². The van der Waals surface area contributed by atoms with Gasteiger partial charge in [-0.05, 0) is 58.7 Å². The number of halogens is 3. The molecular formula is C16H14BrF2NO2. The van der Waals surface area contributed by atoms with E-state index in [1.54, 1.807) is 20.1 Å². The standard InChI is InChI=1S/C16H14BrF2NO2/c1-9(10-4-6-15(22-2)12(17)7-10)20-16(21)11-3-5-13(18)14(19)8-11/h3-9H,1-2H3,(H,20,21)/t9-/m1/s1.